The van der Waals surface area contributed by atoms with Gasteiger partial charge in [-0.1, -0.05) is 12.5 Å². The molecule has 1 N–H and O–H groups in total. The minimum atomic E-state index is -4.39. The van der Waals surface area contributed by atoms with Crippen molar-refractivity contribution in [3.8, 4) is 0 Å². The Morgan fingerprint density at radius 2 is 2.05 bits per heavy atom. The molecular formula is C14H18F3NOS. The van der Waals surface area contributed by atoms with Crippen molar-refractivity contribution >= 4 is 10.8 Å². The Morgan fingerprint density at radius 1 is 1.30 bits per heavy atom. The highest BCUT2D eigenvalue weighted by atomic mass is 32.2. The van der Waals surface area contributed by atoms with Crippen molar-refractivity contribution in [1.29, 1.82) is 0 Å². The average molecular weight is 305 g/mol. The van der Waals surface area contributed by atoms with Gasteiger partial charge in [-0.2, -0.15) is 13.2 Å². The Balaban J connectivity index is 2.17. The van der Waals surface area contributed by atoms with E-state index in [0.717, 1.165) is 37.8 Å². The van der Waals surface area contributed by atoms with Gasteiger partial charge in [-0.05, 0) is 44.5 Å². The van der Waals surface area contributed by atoms with Crippen LogP contribution in [0, 0.1) is 0 Å². The van der Waals surface area contributed by atoms with E-state index in [1.807, 2.05) is 7.05 Å². The number of halogens is 3. The first-order chi connectivity index (χ1) is 9.41. The van der Waals surface area contributed by atoms with E-state index in [1.165, 1.54) is 12.1 Å². The maximum atomic E-state index is 12.7. The van der Waals surface area contributed by atoms with E-state index in [9.17, 15) is 17.4 Å². The van der Waals surface area contributed by atoms with Crippen LogP contribution in [-0.2, 0) is 17.0 Å². The number of hydrogen-bond donors (Lipinski definition) is 1. The lowest BCUT2D eigenvalue weighted by Gasteiger charge is -2.28. The van der Waals surface area contributed by atoms with Gasteiger partial charge in [-0.25, -0.2) is 0 Å². The minimum Gasteiger partial charge on any atom is -0.317 e. The maximum absolute atomic E-state index is 12.7. The van der Waals surface area contributed by atoms with Crippen molar-refractivity contribution in [3.63, 3.8) is 0 Å². The third-order valence-electron chi connectivity index (χ3n) is 3.73. The average Bonchev–Trinajstić information content (AvgIpc) is 2.46. The molecule has 6 heteroatoms. The highest BCUT2D eigenvalue weighted by Gasteiger charge is 2.32. The highest BCUT2D eigenvalue weighted by molar-refractivity contribution is 7.85. The van der Waals surface area contributed by atoms with Crippen LogP contribution in [0.1, 0.15) is 31.2 Å². The number of rotatable bonds is 3. The fraction of sp³-hybridized carbons (Fsp3) is 0.571. The van der Waals surface area contributed by atoms with Crippen LogP contribution in [0.2, 0.25) is 0 Å². The van der Waals surface area contributed by atoms with E-state index in [4.69, 9.17) is 0 Å². The molecule has 2 nitrogen and oxygen atoms in total. The molecule has 0 aromatic heterocycles. The Kier molecular flexibility index (Phi) is 4.86. The van der Waals surface area contributed by atoms with Gasteiger partial charge in [0.1, 0.15) is 0 Å². The van der Waals surface area contributed by atoms with E-state index in [1.54, 1.807) is 0 Å². The smallest absolute Gasteiger partial charge is 0.317 e. The monoisotopic (exact) mass is 305 g/mol. The lowest BCUT2D eigenvalue weighted by atomic mass is 9.95. The summed E-state index contributed by atoms with van der Waals surface area (Å²) in [5, 5.41) is 3.10. The fourth-order valence-electron chi connectivity index (χ4n) is 2.59. The molecule has 1 aliphatic rings. The number of benzene rings is 1. The molecular weight excluding hydrogens is 287 g/mol. The molecule has 2 rings (SSSR count). The lowest BCUT2D eigenvalue weighted by Crippen LogP contribution is -2.35. The third kappa shape index (κ3) is 3.61. The summed E-state index contributed by atoms with van der Waals surface area (Å²) in [4.78, 5) is 0.279. The molecule has 3 atom stereocenters. The van der Waals surface area contributed by atoms with E-state index < -0.39 is 22.5 Å². The van der Waals surface area contributed by atoms with Gasteiger partial charge in [0.15, 0.2) is 0 Å². The molecule has 0 heterocycles. The number of alkyl halides is 3. The lowest BCUT2D eigenvalue weighted by molar-refractivity contribution is -0.137. The van der Waals surface area contributed by atoms with Crippen molar-refractivity contribution in [2.24, 2.45) is 0 Å². The molecule has 0 bridgehead atoms. The maximum Gasteiger partial charge on any atom is 0.416 e. The van der Waals surface area contributed by atoms with Crippen LogP contribution in [0.5, 0.6) is 0 Å². The zero-order chi connectivity index (χ0) is 14.8. The second-order valence-electron chi connectivity index (χ2n) is 5.10. The molecule has 0 radical (unpaired) electrons. The minimum absolute atomic E-state index is 0.0651. The third-order valence-corrected chi connectivity index (χ3v) is 5.48. The zero-order valence-electron chi connectivity index (χ0n) is 11.2. The number of nitrogens with one attached hydrogen (secondary N) is 1. The van der Waals surface area contributed by atoms with E-state index in [2.05, 4.69) is 5.32 Å². The highest BCUT2D eigenvalue weighted by Crippen LogP contribution is 2.32. The van der Waals surface area contributed by atoms with E-state index in [-0.39, 0.29) is 10.1 Å². The van der Waals surface area contributed by atoms with Gasteiger partial charge in [-0.3, -0.25) is 4.21 Å². The SMILES string of the molecule is CNC1CCCC(S(=O)c2cccc(C(F)(F)F)c2)C1. The summed E-state index contributed by atoms with van der Waals surface area (Å²) in [7, 11) is 0.484. The molecule has 0 aliphatic heterocycles. The molecule has 20 heavy (non-hydrogen) atoms. The summed E-state index contributed by atoms with van der Waals surface area (Å²) < 4.78 is 50.5. The summed E-state index contributed by atoms with van der Waals surface area (Å²) in [5.41, 5.74) is -0.732. The van der Waals surface area contributed by atoms with Gasteiger partial charge in [0.2, 0.25) is 0 Å². The van der Waals surface area contributed by atoms with Gasteiger partial charge in [-0.15, -0.1) is 0 Å². The first kappa shape index (κ1) is 15.5. The van der Waals surface area contributed by atoms with Crippen LogP contribution < -0.4 is 5.32 Å². The molecule has 0 saturated heterocycles. The number of hydrogen-bond acceptors (Lipinski definition) is 2. The molecule has 1 aromatic rings. The van der Waals surface area contributed by atoms with Crippen molar-refractivity contribution in [1.82, 2.24) is 5.32 Å². The van der Waals surface area contributed by atoms with Crippen LogP contribution in [-0.4, -0.2) is 22.5 Å². The topological polar surface area (TPSA) is 29.1 Å². The first-order valence-electron chi connectivity index (χ1n) is 6.67. The van der Waals surface area contributed by atoms with Crippen molar-refractivity contribution in [3.05, 3.63) is 29.8 Å². The molecule has 0 spiro atoms. The molecule has 3 unspecified atom stereocenters. The van der Waals surface area contributed by atoms with Crippen molar-refractivity contribution in [2.75, 3.05) is 7.05 Å². The zero-order valence-corrected chi connectivity index (χ0v) is 12.1. The second kappa shape index (κ2) is 6.26. The summed E-state index contributed by atoms with van der Waals surface area (Å²) in [6.45, 7) is 0. The van der Waals surface area contributed by atoms with Crippen molar-refractivity contribution in [2.45, 2.75) is 48.0 Å². The van der Waals surface area contributed by atoms with Gasteiger partial charge in [0, 0.05) is 16.2 Å². The molecule has 112 valence electrons. The predicted molar refractivity (Wildman–Crippen MR) is 73.0 cm³/mol. The predicted octanol–water partition coefficient (Wildman–Crippen LogP) is 3.34. The molecule has 0 amide bonds. The van der Waals surface area contributed by atoms with E-state index >= 15 is 0 Å². The van der Waals surface area contributed by atoms with Crippen LogP contribution in [0.4, 0.5) is 13.2 Å². The first-order valence-corrected chi connectivity index (χ1v) is 7.88. The standard InChI is InChI=1S/C14H18F3NOS/c1-18-11-5-3-7-13(9-11)20(19)12-6-2-4-10(8-12)14(15,16)17/h2,4,6,8,11,13,18H,3,5,7,9H2,1H3. The molecule has 1 fully saturated rings. The summed E-state index contributed by atoms with van der Waals surface area (Å²) in [6, 6.07) is 5.18. The van der Waals surface area contributed by atoms with Crippen LogP contribution in [0.3, 0.4) is 0 Å². The molecule has 1 aliphatic carbocycles. The molecule has 1 saturated carbocycles. The van der Waals surface area contributed by atoms with Crippen LogP contribution >= 0.6 is 0 Å². The van der Waals surface area contributed by atoms with Crippen molar-refractivity contribution < 1.29 is 17.4 Å². The second-order valence-corrected chi connectivity index (χ2v) is 6.83. The summed E-state index contributed by atoms with van der Waals surface area (Å²) in [5.74, 6) is 0. The Bertz CT molecular complexity index is 490. The van der Waals surface area contributed by atoms with Crippen LogP contribution in [0.25, 0.3) is 0 Å². The van der Waals surface area contributed by atoms with Gasteiger partial charge in [0.05, 0.1) is 16.4 Å². The summed E-state index contributed by atoms with van der Waals surface area (Å²) in [6.07, 6.45) is -0.839. The quantitative estimate of drug-likeness (QED) is 0.928. The Hall–Kier alpha value is -0.880. The van der Waals surface area contributed by atoms with Crippen LogP contribution in [0.15, 0.2) is 29.2 Å². The van der Waals surface area contributed by atoms with Gasteiger partial charge < -0.3 is 5.32 Å². The molecule has 1 aromatic carbocycles. The van der Waals surface area contributed by atoms with Gasteiger partial charge >= 0.3 is 6.18 Å². The Labute approximate surface area is 119 Å². The largest absolute Gasteiger partial charge is 0.416 e. The Morgan fingerprint density at radius 3 is 2.70 bits per heavy atom. The fourth-order valence-corrected chi connectivity index (χ4v) is 4.22. The van der Waals surface area contributed by atoms with E-state index in [0.29, 0.717) is 6.04 Å². The van der Waals surface area contributed by atoms with Gasteiger partial charge in [0.25, 0.3) is 0 Å². The summed E-state index contributed by atoms with van der Waals surface area (Å²) >= 11 is 0. The normalized spacial score (nSPS) is 25.4.